The van der Waals surface area contributed by atoms with Crippen LogP contribution in [0.15, 0.2) is 78.9 Å². The van der Waals surface area contributed by atoms with Crippen LogP contribution in [0.5, 0.6) is 0 Å². The van der Waals surface area contributed by atoms with E-state index in [1.54, 1.807) is 18.2 Å². The van der Waals surface area contributed by atoms with E-state index in [1.165, 1.54) is 6.07 Å². The van der Waals surface area contributed by atoms with Crippen molar-refractivity contribution in [3.63, 3.8) is 0 Å². The first-order valence-corrected chi connectivity index (χ1v) is 13.2. The van der Waals surface area contributed by atoms with Crippen LogP contribution in [0.25, 0.3) is 0 Å². The van der Waals surface area contributed by atoms with Crippen LogP contribution in [0.3, 0.4) is 0 Å². The number of rotatable bonds is 11. The van der Waals surface area contributed by atoms with Gasteiger partial charge in [-0.3, -0.25) is 4.79 Å². The monoisotopic (exact) mass is 540 g/mol. The van der Waals surface area contributed by atoms with Crippen LogP contribution in [0.4, 0.5) is 0 Å². The molecular weight excluding hydrogens is 511 g/mol. The molecule has 0 saturated heterocycles. The molecule has 0 amide bonds. The number of carboxylic acid groups (broad SMARTS) is 1. The van der Waals surface area contributed by atoms with Gasteiger partial charge in [0.05, 0.1) is 30.3 Å². The third kappa shape index (κ3) is 6.99. The maximum Gasteiger partial charge on any atom is 0.335 e. The van der Waals surface area contributed by atoms with Crippen molar-refractivity contribution in [3.05, 3.63) is 107 Å². The lowest BCUT2D eigenvalue weighted by Gasteiger charge is -2.21. The molecule has 1 saturated carbocycles. The van der Waals surface area contributed by atoms with Crippen LogP contribution < -0.4 is 0 Å². The Bertz CT molecular complexity index is 1220. The van der Waals surface area contributed by atoms with Crippen molar-refractivity contribution in [1.29, 1.82) is 0 Å². The lowest BCUT2D eigenvalue weighted by atomic mass is 9.89. The molecule has 1 fully saturated rings. The van der Waals surface area contributed by atoms with E-state index >= 15 is 0 Å². The Labute approximate surface area is 227 Å². The van der Waals surface area contributed by atoms with E-state index in [2.05, 4.69) is 0 Å². The molecule has 2 N–H and O–H groups in total. The second-order valence-corrected chi connectivity index (χ2v) is 10.5. The van der Waals surface area contributed by atoms with Crippen molar-refractivity contribution < 1.29 is 24.5 Å². The van der Waals surface area contributed by atoms with E-state index in [0.717, 1.165) is 22.3 Å². The molecule has 0 heterocycles. The number of Topliss-reactive ketones (excluding diaryl/α,β-unsaturated/α-hetero) is 1. The number of aliphatic hydroxyl groups is 1. The van der Waals surface area contributed by atoms with Gasteiger partial charge in [0.25, 0.3) is 0 Å². The van der Waals surface area contributed by atoms with Crippen molar-refractivity contribution in [2.75, 3.05) is 6.61 Å². The highest BCUT2D eigenvalue weighted by Crippen LogP contribution is 2.39. The van der Waals surface area contributed by atoms with Gasteiger partial charge in [-0.25, -0.2) is 4.79 Å². The van der Waals surface area contributed by atoms with Gasteiger partial charge in [0.15, 0.2) is 5.78 Å². The van der Waals surface area contributed by atoms with Gasteiger partial charge in [-0.15, -0.1) is 23.2 Å². The summed E-state index contributed by atoms with van der Waals surface area (Å²) in [7, 11) is 0. The Hall–Kier alpha value is -2.70. The largest absolute Gasteiger partial charge is 0.478 e. The number of aliphatic hydroxyl groups excluding tert-OH is 1. The summed E-state index contributed by atoms with van der Waals surface area (Å²) in [5.74, 6) is -1.70. The highest BCUT2D eigenvalue weighted by atomic mass is 35.5. The van der Waals surface area contributed by atoms with Gasteiger partial charge in [-0.1, -0.05) is 66.7 Å². The fraction of sp³-hybridized carbons (Fsp3) is 0.333. The van der Waals surface area contributed by atoms with E-state index in [-0.39, 0.29) is 30.5 Å². The van der Waals surface area contributed by atoms with E-state index in [1.807, 2.05) is 54.6 Å². The maximum atomic E-state index is 12.8. The third-order valence-electron chi connectivity index (χ3n) is 6.96. The molecule has 0 spiro atoms. The number of carboxylic acids is 1. The standard InChI is InChI=1S/C30H30Cl2O5/c31-27-24(13-12-20-8-4-10-22(14-20)26(33)16-19-6-2-1-3-7-19)25(29(34)28(27)32)18-37-17-21-9-5-11-23(15-21)30(35)36/h1-11,14-15,24-28,33H,12-13,16-18H2,(H,35,36)/t24-,25-,26?,27?,28?/m1/s1. The predicted octanol–water partition coefficient (Wildman–Crippen LogP) is 5.84. The Morgan fingerprint density at radius 3 is 2.38 bits per heavy atom. The molecule has 37 heavy (non-hydrogen) atoms. The average Bonchev–Trinajstić information content (AvgIpc) is 3.11. The zero-order chi connectivity index (χ0) is 26.4. The van der Waals surface area contributed by atoms with Crippen LogP contribution in [-0.4, -0.2) is 39.3 Å². The van der Waals surface area contributed by atoms with Gasteiger partial charge in [0.1, 0.15) is 5.38 Å². The number of benzene rings is 3. The lowest BCUT2D eigenvalue weighted by Crippen LogP contribution is -2.24. The lowest BCUT2D eigenvalue weighted by molar-refractivity contribution is -0.123. The van der Waals surface area contributed by atoms with Crippen molar-refractivity contribution in [3.8, 4) is 0 Å². The molecule has 1 aliphatic carbocycles. The highest BCUT2D eigenvalue weighted by Gasteiger charge is 2.47. The summed E-state index contributed by atoms with van der Waals surface area (Å²) in [6.07, 6.45) is 1.27. The van der Waals surface area contributed by atoms with Gasteiger partial charge in [0, 0.05) is 12.3 Å². The normalized spacial score (nSPS) is 22.2. The molecule has 0 aromatic heterocycles. The van der Waals surface area contributed by atoms with Gasteiger partial charge in [0.2, 0.25) is 0 Å². The Morgan fingerprint density at radius 2 is 1.62 bits per heavy atom. The number of ketones is 1. The number of ether oxygens (including phenoxy) is 1. The molecule has 1 aliphatic rings. The number of hydrogen-bond donors (Lipinski definition) is 2. The summed E-state index contributed by atoms with van der Waals surface area (Å²) < 4.78 is 5.83. The second kappa shape index (κ2) is 12.7. The van der Waals surface area contributed by atoms with E-state index in [0.29, 0.717) is 19.3 Å². The number of carbonyl (C=O) groups is 2. The number of hydrogen-bond acceptors (Lipinski definition) is 4. The highest BCUT2D eigenvalue weighted by molar-refractivity contribution is 6.39. The maximum absolute atomic E-state index is 12.8. The fourth-order valence-corrected chi connectivity index (χ4v) is 5.69. The third-order valence-corrected chi connectivity index (χ3v) is 8.15. The van der Waals surface area contributed by atoms with Crippen LogP contribution in [-0.2, 0) is 29.0 Å². The Morgan fingerprint density at radius 1 is 0.919 bits per heavy atom. The topological polar surface area (TPSA) is 83.8 Å². The van der Waals surface area contributed by atoms with E-state index < -0.39 is 28.7 Å². The number of aryl methyl sites for hydroxylation is 1. The van der Waals surface area contributed by atoms with Gasteiger partial charge in [-0.2, -0.15) is 0 Å². The smallest absolute Gasteiger partial charge is 0.335 e. The van der Waals surface area contributed by atoms with Gasteiger partial charge < -0.3 is 14.9 Å². The summed E-state index contributed by atoms with van der Waals surface area (Å²) in [6.45, 7) is 0.363. The summed E-state index contributed by atoms with van der Waals surface area (Å²) in [5.41, 5.74) is 3.89. The quantitative estimate of drug-likeness (QED) is 0.298. The minimum Gasteiger partial charge on any atom is -0.478 e. The minimum absolute atomic E-state index is 0.113. The van der Waals surface area contributed by atoms with Crippen molar-refractivity contribution >= 4 is 35.0 Å². The van der Waals surface area contributed by atoms with Crippen LogP contribution in [0.2, 0.25) is 0 Å². The number of alkyl halides is 2. The molecule has 0 radical (unpaired) electrons. The zero-order valence-electron chi connectivity index (χ0n) is 20.3. The van der Waals surface area contributed by atoms with Crippen LogP contribution in [0.1, 0.15) is 45.1 Å². The number of halogens is 2. The molecule has 5 atom stereocenters. The molecule has 4 rings (SSSR count). The molecule has 5 nitrogen and oxygen atoms in total. The molecule has 0 bridgehead atoms. The first-order chi connectivity index (χ1) is 17.8. The van der Waals surface area contributed by atoms with E-state index in [9.17, 15) is 19.8 Å². The van der Waals surface area contributed by atoms with Gasteiger partial charge >= 0.3 is 5.97 Å². The second-order valence-electron chi connectivity index (χ2n) is 9.53. The number of aromatic carboxylic acids is 1. The first-order valence-electron chi connectivity index (χ1n) is 12.4. The molecule has 194 valence electrons. The average molecular weight is 541 g/mol. The SMILES string of the molecule is O=C(O)c1cccc(COC[C@H]2C(=O)C(Cl)C(Cl)[C@@H]2CCc2cccc(C(O)Cc3ccccc3)c2)c1. The summed E-state index contributed by atoms with van der Waals surface area (Å²) in [5, 5.41) is 18.6. The molecule has 3 aromatic carbocycles. The molecular formula is C30H30Cl2O5. The number of carbonyl (C=O) groups excluding carboxylic acids is 1. The van der Waals surface area contributed by atoms with Crippen molar-refractivity contribution in [2.45, 2.75) is 42.7 Å². The van der Waals surface area contributed by atoms with Crippen molar-refractivity contribution in [1.82, 2.24) is 0 Å². The molecule has 3 aromatic rings. The van der Waals surface area contributed by atoms with Gasteiger partial charge in [-0.05, 0) is 53.1 Å². The Kier molecular flexibility index (Phi) is 9.38. The first kappa shape index (κ1) is 27.3. The summed E-state index contributed by atoms with van der Waals surface area (Å²) >= 11 is 12.9. The van der Waals surface area contributed by atoms with E-state index in [4.69, 9.17) is 27.9 Å². The Balaban J connectivity index is 1.36. The van der Waals surface area contributed by atoms with Crippen molar-refractivity contribution in [2.24, 2.45) is 11.8 Å². The molecule has 3 unspecified atom stereocenters. The van der Waals surface area contributed by atoms with Crippen LogP contribution >= 0.6 is 23.2 Å². The zero-order valence-corrected chi connectivity index (χ0v) is 21.8. The summed E-state index contributed by atoms with van der Waals surface area (Å²) in [6, 6.07) is 24.3. The predicted molar refractivity (Wildman–Crippen MR) is 144 cm³/mol. The fourth-order valence-electron chi connectivity index (χ4n) is 4.92. The minimum atomic E-state index is -1.00. The molecule has 0 aliphatic heterocycles. The summed E-state index contributed by atoms with van der Waals surface area (Å²) in [4.78, 5) is 24.0. The molecule has 7 heteroatoms. The van der Waals surface area contributed by atoms with Crippen LogP contribution in [0, 0.1) is 11.8 Å².